The number of rotatable bonds is 3. The molecule has 0 aromatic heterocycles. The number of benzene rings is 1. The number of carbonyl (C=O) groups is 2. The first-order chi connectivity index (χ1) is 10.8. The van der Waals surface area contributed by atoms with Gasteiger partial charge in [0.2, 0.25) is 18.6 Å². The highest BCUT2D eigenvalue weighted by Crippen LogP contribution is 2.32. The molecule has 1 atom stereocenters. The predicted octanol–water partition coefficient (Wildman–Crippen LogP) is 1.68. The van der Waals surface area contributed by atoms with Gasteiger partial charge in [0.05, 0.1) is 5.92 Å². The molecule has 2 heterocycles. The minimum atomic E-state index is -0.282. The molecule has 0 radical (unpaired) electrons. The van der Waals surface area contributed by atoms with Gasteiger partial charge in [0, 0.05) is 25.0 Å². The molecule has 1 aromatic rings. The van der Waals surface area contributed by atoms with Crippen LogP contribution in [0.15, 0.2) is 18.2 Å². The summed E-state index contributed by atoms with van der Waals surface area (Å²) in [4.78, 5) is 26.2. The zero-order valence-electron chi connectivity index (χ0n) is 13.7. The molecule has 1 N–H and O–H groups in total. The third kappa shape index (κ3) is 3.25. The van der Waals surface area contributed by atoms with E-state index in [-0.39, 0.29) is 36.5 Å². The molecule has 1 aromatic carbocycles. The summed E-state index contributed by atoms with van der Waals surface area (Å²) in [7, 11) is 0. The summed E-state index contributed by atoms with van der Waals surface area (Å²) in [6.07, 6.45) is 0.282. The predicted molar refractivity (Wildman–Crippen MR) is 84.0 cm³/mol. The Bertz CT molecular complexity index is 636. The molecule has 1 fully saturated rings. The van der Waals surface area contributed by atoms with Crippen LogP contribution in [0.2, 0.25) is 0 Å². The minimum Gasteiger partial charge on any atom is -0.454 e. The van der Waals surface area contributed by atoms with Crippen LogP contribution in [-0.4, -0.2) is 35.6 Å². The van der Waals surface area contributed by atoms with Crippen molar-refractivity contribution >= 4 is 11.8 Å². The van der Waals surface area contributed by atoms with Gasteiger partial charge < -0.3 is 19.7 Å². The molecule has 6 heteroatoms. The molecule has 23 heavy (non-hydrogen) atoms. The highest BCUT2D eigenvalue weighted by atomic mass is 16.7. The largest absolute Gasteiger partial charge is 0.454 e. The second kappa shape index (κ2) is 5.76. The van der Waals surface area contributed by atoms with Gasteiger partial charge in [-0.2, -0.15) is 0 Å². The lowest BCUT2D eigenvalue weighted by molar-refractivity contribution is -0.132. The maximum Gasteiger partial charge on any atom is 0.231 e. The number of hydrogen-bond donors (Lipinski definition) is 1. The maximum absolute atomic E-state index is 12.3. The van der Waals surface area contributed by atoms with Gasteiger partial charge in [-0.25, -0.2) is 0 Å². The summed E-state index contributed by atoms with van der Waals surface area (Å²) < 4.78 is 10.6. The SMILES string of the molecule is CC(C)(C)N1C[C@H](C(=O)NCc2ccc3c(c2)OCO3)CC1=O. The van der Waals surface area contributed by atoms with Crippen LogP contribution in [-0.2, 0) is 16.1 Å². The van der Waals surface area contributed by atoms with Crippen LogP contribution >= 0.6 is 0 Å². The van der Waals surface area contributed by atoms with E-state index in [9.17, 15) is 9.59 Å². The van der Waals surface area contributed by atoms with E-state index >= 15 is 0 Å². The van der Waals surface area contributed by atoms with E-state index in [0.29, 0.717) is 18.8 Å². The summed E-state index contributed by atoms with van der Waals surface area (Å²) in [5.74, 6) is 1.10. The van der Waals surface area contributed by atoms with E-state index in [1.165, 1.54) is 0 Å². The number of fused-ring (bicyclic) bond motifs is 1. The van der Waals surface area contributed by atoms with Crippen molar-refractivity contribution in [1.29, 1.82) is 0 Å². The highest BCUT2D eigenvalue weighted by molar-refractivity contribution is 5.89. The number of carbonyl (C=O) groups excluding carboxylic acids is 2. The first kappa shape index (κ1) is 15.6. The molecule has 0 spiro atoms. The number of likely N-dealkylation sites (tertiary alicyclic amines) is 1. The van der Waals surface area contributed by atoms with E-state index in [0.717, 1.165) is 11.3 Å². The van der Waals surface area contributed by atoms with Crippen LogP contribution in [0.1, 0.15) is 32.8 Å². The molecule has 2 aliphatic rings. The Balaban J connectivity index is 1.57. The number of amides is 2. The van der Waals surface area contributed by atoms with Crippen molar-refractivity contribution in [1.82, 2.24) is 10.2 Å². The van der Waals surface area contributed by atoms with Gasteiger partial charge in [-0.1, -0.05) is 6.07 Å². The molecule has 0 aliphatic carbocycles. The third-order valence-corrected chi connectivity index (χ3v) is 4.21. The quantitative estimate of drug-likeness (QED) is 0.921. The van der Waals surface area contributed by atoms with E-state index < -0.39 is 0 Å². The van der Waals surface area contributed by atoms with Crippen molar-refractivity contribution in [2.45, 2.75) is 39.3 Å². The minimum absolute atomic E-state index is 0.0423. The van der Waals surface area contributed by atoms with Crippen molar-refractivity contribution in [3.8, 4) is 11.5 Å². The lowest BCUT2D eigenvalue weighted by Gasteiger charge is -2.31. The Morgan fingerprint density at radius 1 is 1.30 bits per heavy atom. The van der Waals surface area contributed by atoms with E-state index in [4.69, 9.17) is 9.47 Å². The van der Waals surface area contributed by atoms with Crippen LogP contribution < -0.4 is 14.8 Å². The molecule has 6 nitrogen and oxygen atoms in total. The zero-order chi connectivity index (χ0) is 16.6. The van der Waals surface area contributed by atoms with Gasteiger partial charge in [0.25, 0.3) is 0 Å². The number of nitrogens with zero attached hydrogens (tertiary/aromatic N) is 1. The zero-order valence-corrected chi connectivity index (χ0v) is 13.7. The molecule has 0 saturated carbocycles. The lowest BCUT2D eigenvalue weighted by atomic mass is 10.1. The fraction of sp³-hybridized carbons (Fsp3) is 0.529. The van der Waals surface area contributed by atoms with Crippen molar-refractivity contribution in [2.75, 3.05) is 13.3 Å². The topological polar surface area (TPSA) is 67.9 Å². The van der Waals surface area contributed by atoms with Crippen molar-refractivity contribution < 1.29 is 19.1 Å². The van der Waals surface area contributed by atoms with Gasteiger partial charge in [-0.3, -0.25) is 9.59 Å². The summed E-state index contributed by atoms with van der Waals surface area (Å²) in [6.45, 7) is 7.08. The summed E-state index contributed by atoms with van der Waals surface area (Å²) in [5, 5.41) is 2.91. The van der Waals surface area contributed by atoms with Gasteiger partial charge >= 0.3 is 0 Å². The van der Waals surface area contributed by atoms with Crippen molar-refractivity contribution in [3.05, 3.63) is 23.8 Å². The number of nitrogens with one attached hydrogen (secondary N) is 1. The van der Waals surface area contributed by atoms with E-state index in [1.807, 2.05) is 39.0 Å². The van der Waals surface area contributed by atoms with Gasteiger partial charge in [-0.05, 0) is 38.5 Å². The standard InChI is InChI=1S/C17H22N2O4/c1-17(2,3)19-9-12(7-15(19)20)16(21)18-8-11-4-5-13-14(6-11)23-10-22-13/h4-6,12H,7-10H2,1-3H3,(H,18,21)/t12-/m1/s1. The van der Waals surface area contributed by atoms with Crippen LogP contribution in [0.4, 0.5) is 0 Å². The molecule has 2 amide bonds. The van der Waals surface area contributed by atoms with Crippen LogP contribution in [0.5, 0.6) is 11.5 Å². The van der Waals surface area contributed by atoms with Crippen molar-refractivity contribution in [2.24, 2.45) is 5.92 Å². The molecule has 0 unspecified atom stereocenters. The fourth-order valence-corrected chi connectivity index (χ4v) is 2.92. The van der Waals surface area contributed by atoms with Crippen molar-refractivity contribution in [3.63, 3.8) is 0 Å². The van der Waals surface area contributed by atoms with Gasteiger partial charge in [-0.15, -0.1) is 0 Å². The second-order valence-corrected chi connectivity index (χ2v) is 6.98. The smallest absolute Gasteiger partial charge is 0.231 e. The normalized spacial score (nSPS) is 20.0. The first-order valence-corrected chi connectivity index (χ1v) is 7.81. The molecule has 3 rings (SSSR count). The third-order valence-electron chi connectivity index (χ3n) is 4.21. The molecular formula is C17H22N2O4. The molecular weight excluding hydrogens is 296 g/mol. The van der Waals surface area contributed by atoms with Gasteiger partial charge in [0.15, 0.2) is 11.5 Å². The molecule has 124 valence electrons. The highest BCUT2D eigenvalue weighted by Gasteiger charge is 2.39. The second-order valence-electron chi connectivity index (χ2n) is 6.98. The Labute approximate surface area is 135 Å². The van der Waals surface area contributed by atoms with Gasteiger partial charge in [0.1, 0.15) is 0 Å². The van der Waals surface area contributed by atoms with Crippen LogP contribution in [0.3, 0.4) is 0 Å². The Kier molecular flexibility index (Phi) is 3.92. The number of hydrogen-bond acceptors (Lipinski definition) is 4. The monoisotopic (exact) mass is 318 g/mol. The first-order valence-electron chi connectivity index (χ1n) is 7.81. The Hall–Kier alpha value is -2.24. The Morgan fingerprint density at radius 2 is 2.04 bits per heavy atom. The molecule has 2 aliphatic heterocycles. The summed E-state index contributed by atoms with van der Waals surface area (Å²) >= 11 is 0. The van der Waals surface area contributed by atoms with E-state index in [2.05, 4.69) is 5.32 Å². The molecule has 0 bridgehead atoms. The van der Waals surface area contributed by atoms with E-state index in [1.54, 1.807) is 4.90 Å². The molecule has 1 saturated heterocycles. The average molecular weight is 318 g/mol. The van der Waals surface area contributed by atoms with Crippen LogP contribution in [0.25, 0.3) is 0 Å². The maximum atomic E-state index is 12.3. The summed E-state index contributed by atoms with van der Waals surface area (Å²) in [6, 6.07) is 5.60. The number of ether oxygens (including phenoxy) is 2. The fourth-order valence-electron chi connectivity index (χ4n) is 2.92. The lowest BCUT2D eigenvalue weighted by Crippen LogP contribution is -2.43. The van der Waals surface area contributed by atoms with Crippen LogP contribution in [0, 0.1) is 5.92 Å². The average Bonchev–Trinajstić information content (AvgIpc) is 3.09. The Morgan fingerprint density at radius 3 is 2.74 bits per heavy atom. The summed E-state index contributed by atoms with van der Waals surface area (Å²) in [5.41, 5.74) is 0.697.